The first-order valence-corrected chi connectivity index (χ1v) is 8.77. The zero-order chi connectivity index (χ0) is 19.5. The van der Waals surface area contributed by atoms with Crippen molar-refractivity contribution < 1.29 is 31.9 Å². The Balaban J connectivity index is 2.60. The van der Waals surface area contributed by atoms with E-state index in [4.69, 9.17) is 0 Å². The number of hydrogen-bond acceptors (Lipinski definition) is 6. The topological polar surface area (TPSA) is 98.8 Å². The van der Waals surface area contributed by atoms with Crippen LogP contribution in [0, 0.1) is 12.7 Å². The maximum atomic E-state index is 13.9. The normalized spacial score (nSPS) is 10.9. The van der Waals surface area contributed by atoms with Gasteiger partial charge in [0.1, 0.15) is 10.7 Å². The lowest BCUT2D eigenvalue weighted by Gasteiger charge is -2.13. The Morgan fingerprint density at radius 3 is 2.27 bits per heavy atom. The molecule has 0 heterocycles. The fourth-order valence-corrected chi connectivity index (χ4v) is 3.46. The number of nitrogens with one attached hydrogen (secondary N) is 1. The second kappa shape index (κ2) is 7.52. The van der Waals surface area contributed by atoms with Gasteiger partial charge in [-0.3, -0.25) is 4.72 Å². The molecule has 0 aliphatic heterocycles. The average molecular weight is 381 g/mol. The molecule has 1 N–H and O–H groups in total. The van der Waals surface area contributed by atoms with E-state index in [1.807, 2.05) is 0 Å². The van der Waals surface area contributed by atoms with Gasteiger partial charge in [-0.15, -0.1) is 0 Å². The molecule has 0 aromatic heterocycles. The molecule has 0 atom stereocenters. The number of carbonyl (C=O) groups excluding carboxylic acids is 2. The summed E-state index contributed by atoms with van der Waals surface area (Å²) < 4.78 is 50.6. The van der Waals surface area contributed by atoms with Crippen LogP contribution in [0.25, 0.3) is 0 Å². The zero-order valence-electron chi connectivity index (χ0n) is 14.2. The van der Waals surface area contributed by atoms with Crippen molar-refractivity contribution >= 4 is 27.6 Å². The van der Waals surface area contributed by atoms with Crippen LogP contribution in [0.3, 0.4) is 0 Å². The minimum atomic E-state index is -4.40. The van der Waals surface area contributed by atoms with Crippen LogP contribution in [0.4, 0.5) is 10.1 Å². The fraction of sp³-hybridized carbons (Fsp3) is 0.176. The maximum Gasteiger partial charge on any atom is 0.339 e. The Hall–Kier alpha value is -2.94. The van der Waals surface area contributed by atoms with Gasteiger partial charge in [0.05, 0.1) is 31.0 Å². The molecule has 0 aliphatic rings. The number of hydrogen-bond donors (Lipinski definition) is 1. The summed E-state index contributed by atoms with van der Waals surface area (Å²) in [4.78, 5) is 23.1. The number of sulfonamides is 1. The van der Waals surface area contributed by atoms with Crippen LogP contribution < -0.4 is 4.72 Å². The molecule has 0 bridgehead atoms. The molecule has 0 unspecified atom stereocenters. The molecule has 0 radical (unpaired) electrons. The first kappa shape index (κ1) is 19.4. The number of ether oxygens (including phenoxy) is 2. The lowest BCUT2D eigenvalue weighted by Crippen LogP contribution is -2.19. The average Bonchev–Trinajstić information content (AvgIpc) is 2.62. The highest BCUT2D eigenvalue weighted by Gasteiger charge is 2.26. The van der Waals surface area contributed by atoms with Crippen LogP contribution in [-0.4, -0.2) is 34.6 Å². The molecular weight excluding hydrogens is 365 g/mol. The molecule has 0 spiro atoms. The van der Waals surface area contributed by atoms with Crippen molar-refractivity contribution in [1.82, 2.24) is 0 Å². The summed E-state index contributed by atoms with van der Waals surface area (Å²) >= 11 is 0. The van der Waals surface area contributed by atoms with E-state index in [1.54, 1.807) is 6.92 Å². The van der Waals surface area contributed by atoms with Crippen LogP contribution in [0.1, 0.15) is 26.3 Å². The lowest BCUT2D eigenvalue weighted by molar-refractivity contribution is 0.0583. The number of methoxy groups -OCH3 is 2. The second-order valence-corrected chi connectivity index (χ2v) is 6.93. The quantitative estimate of drug-likeness (QED) is 0.799. The van der Waals surface area contributed by atoms with Gasteiger partial charge in [0.25, 0.3) is 10.0 Å². The molecule has 0 aliphatic carbocycles. The number of aryl methyl sites for hydroxylation is 1. The number of esters is 2. The van der Waals surface area contributed by atoms with E-state index in [1.165, 1.54) is 18.2 Å². The van der Waals surface area contributed by atoms with Gasteiger partial charge < -0.3 is 9.47 Å². The summed E-state index contributed by atoms with van der Waals surface area (Å²) in [6, 6.07) is 7.21. The molecule has 2 aromatic carbocycles. The van der Waals surface area contributed by atoms with Crippen molar-refractivity contribution in [2.45, 2.75) is 11.8 Å². The SMILES string of the molecule is COC(=O)c1ccc(C(=O)OC)c(S(=O)(=O)Nc2cc(C)ccc2F)c1. The third kappa shape index (κ3) is 3.99. The number of rotatable bonds is 5. The van der Waals surface area contributed by atoms with Gasteiger partial charge in [-0.2, -0.15) is 0 Å². The number of benzene rings is 2. The molecule has 26 heavy (non-hydrogen) atoms. The molecule has 9 heteroatoms. The van der Waals surface area contributed by atoms with Gasteiger partial charge in [0.2, 0.25) is 0 Å². The molecule has 2 rings (SSSR count). The molecule has 0 saturated carbocycles. The monoisotopic (exact) mass is 381 g/mol. The van der Waals surface area contributed by atoms with Crippen LogP contribution in [-0.2, 0) is 19.5 Å². The third-order valence-corrected chi connectivity index (χ3v) is 4.87. The standard InChI is InChI=1S/C17H16FNO6S/c1-10-4-7-13(18)14(8-10)19-26(22,23)15-9-11(16(20)24-2)5-6-12(15)17(21)25-3/h4-9,19H,1-3H3. The van der Waals surface area contributed by atoms with Crippen molar-refractivity contribution in [2.24, 2.45) is 0 Å². The predicted molar refractivity (Wildman–Crippen MR) is 91.1 cm³/mol. The first-order chi connectivity index (χ1) is 12.2. The predicted octanol–water partition coefficient (Wildman–Crippen LogP) is 2.51. The van der Waals surface area contributed by atoms with Crippen molar-refractivity contribution in [3.8, 4) is 0 Å². The largest absolute Gasteiger partial charge is 0.465 e. The van der Waals surface area contributed by atoms with E-state index in [9.17, 15) is 22.4 Å². The van der Waals surface area contributed by atoms with Gasteiger partial charge in [0, 0.05) is 0 Å². The third-order valence-electron chi connectivity index (χ3n) is 3.46. The van der Waals surface area contributed by atoms with Gasteiger partial charge in [-0.05, 0) is 42.8 Å². The van der Waals surface area contributed by atoms with E-state index in [0.29, 0.717) is 5.56 Å². The van der Waals surface area contributed by atoms with Gasteiger partial charge in [-0.1, -0.05) is 6.07 Å². The molecular formula is C17H16FNO6S. The Labute approximate surface area is 149 Å². The van der Waals surface area contributed by atoms with Crippen LogP contribution in [0.15, 0.2) is 41.3 Å². The Morgan fingerprint density at radius 2 is 1.65 bits per heavy atom. The van der Waals surface area contributed by atoms with Crippen molar-refractivity contribution in [3.05, 3.63) is 58.9 Å². The Morgan fingerprint density at radius 1 is 1.00 bits per heavy atom. The van der Waals surface area contributed by atoms with E-state index in [0.717, 1.165) is 32.4 Å². The van der Waals surface area contributed by atoms with Crippen molar-refractivity contribution in [2.75, 3.05) is 18.9 Å². The molecule has 0 amide bonds. The molecule has 2 aromatic rings. The van der Waals surface area contributed by atoms with E-state index in [-0.39, 0.29) is 16.8 Å². The van der Waals surface area contributed by atoms with Gasteiger partial charge in [-0.25, -0.2) is 22.4 Å². The summed E-state index contributed by atoms with van der Waals surface area (Å²) in [6.45, 7) is 1.66. The highest BCUT2D eigenvalue weighted by molar-refractivity contribution is 7.92. The van der Waals surface area contributed by atoms with Gasteiger partial charge >= 0.3 is 11.9 Å². The van der Waals surface area contributed by atoms with Crippen molar-refractivity contribution in [1.29, 1.82) is 0 Å². The van der Waals surface area contributed by atoms with Crippen LogP contribution in [0.5, 0.6) is 0 Å². The number of halogens is 1. The zero-order valence-corrected chi connectivity index (χ0v) is 15.0. The van der Waals surface area contributed by atoms with E-state index < -0.39 is 32.7 Å². The number of anilines is 1. The van der Waals surface area contributed by atoms with Crippen LogP contribution in [0.2, 0.25) is 0 Å². The summed E-state index contributed by atoms with van der Waals surface area (Å²) in [5.41, 5.74) is -0.0594. The second-order valence-electron chi connectivity index (χ2n) is 5.28. The molecule has 7 nitrogen and oxygen atoms in total. The van der Waals surface area contributed by atoms with E-state index in [2.05, 4.69) is 14.2 Å². The molecule has 0 saturated heterocycles. The Kier molecular flexibility index (Phi) is 5.61. The molecule has 138 valence electrons. The highest BCUT2D eigenvalue weighted by Crippen LogP contribution is 2.24. The fourth-order valence-electron chi connectivity index (χ4n) is 2.19. The van der Waals surface area contributed by atoms with E-state index >= 15 is 0 Å². The molecule has 0 fully saturated rings. The van der Waals surface area contributed by atoms with Gasteiger partial charge in [0.15, 0.2) is 0 Å². The minimum absolute atomic E-state index is 0.0924. The lowest BCUT2D eigenvalue weighted by atomic mass is 10.1. The highest BCUT2D eigenvalue weighted by atomic mass is 32.2. The van der Waals surface area contributed by atoms with Crippen molar-refractivity contribution in [3.63, 3.8) is 0 Å². The minimum Gasteiger partial charge on any atom is -0.465 e. The maximum absolute atomic E-state index is 13.9. The summed E-state index contributed by atoms with van der Waals surface area (Å²) in [6.07, 6.45) is 0. The summed E-state index contributed by atoms with van der Waals surface area (Å²) in [7, 11) is -2.19. The first-order valence-electron chi connectivity index (χ1n) is 7.29. The summed E-state index contributed by atoms with van der Waals surface area (Å²) in [5, 5.41) is 0. The number of carbonyl (C=O) groups is 2. The van der Waals surface area contributed by atoms with Crippen LogP contribution >= 0.6 is 0 Å². The smallest absolute Gasteiger partial charge is 0.339 e. The summed E-state index contributed by atoms with van der Waals surface area (Å²) in [5.74, 6) is -2.51. The Bertz CT molecular complexity index is 971.